The van der Waals surface area contributed by atoms with Crippen LogP contribution in [0.3, 0.4) is 0 Å². The Morgan fingerprint density at radius 2 is 2.00 bits per heavy atom. The van der Waals surface area contributed by atoms with E-state index in [1.165, 1.54) is 13.2 Å². The number of halogens is 2. The number of nitrogens with zero attached hydrogens (tertiary/aromatic N) is 1. The smallest absolute Gasteiger partial charge is 0.334 e. The largest absolute Gasteiger partial charge is 0.497 e. The lowest BCUT2D eigenvalue weighted by molar-refractivity contribution is 0.414. The summed E-state index contributed by atoms with van der Waals surface area (Å²) in [6.45, 7) is 1.92. The topological polar surface area (TPSA) is 64.1 Å². The molecule has 1 heterocycles. The molecular weight excluding hydrogens is 315 g/mol. The third-order valence-corrected chi connectivity index (χ3v) is 3.68. The van der Waals surface area contributed by atoms with Gasteiger partial charge in [-0.2, -0.15) is 0 Å². The fourth-order valence-electron chi connectivity index (χ4n) is 2.02. The number of rotatable bonds is 4. The molecule has 5 nitrogen and oxygen atoms in total. The molecule has 0 atom stereocenters. The van der Waals surface area contributed by atoms with Crippen LogP contribution in [0.5, 0.6) is 5.75 Å². The number of methoxy groups -OCH3 is 1. The van der Waals surface area contributed by atoms with Gasteiger partial charge in [0.2, 0.25) is 0 Å². The van der Waals surface area contributed by atoms with E-state index < -0.39 is 11.2 Å². The third-order valence-electron chi connectivity index (χ3n) is 3.04. The van der Waals surface area contributed by atoms with Crippen LogP contribution >= 0.6 is 23.2 Å². The molecular formula is C14H14Cl2N2O3. The molecule has 0 bridgehead atoms. The summed E-state index contributed by atoms with van der Waals surface area (Å²) in [7, 11) is 1.49. The minimum Gasteiger partial charge on any atom is -0.497 e. The summed E-state index contributed by atoms with van der Waals surface area (Å²) in [5.74, 6) is 0.493. The minimum atomic E-state index is -0.639. The molecule has 7 heteroatoms. The zero-order valence-corrected chi connectivity index (χ0v) is 13.1. The Bertz CT molecular complexity index is 781. The van der Waals surface area contributed by atoms with Crippen molar-refractivity contribution in [3.63, 3.8) is 0 Å². The first kappa shape index (κ1) is 15.7. The Balaban J connectivity index is 2.78. The van der Waals surface area contributed by atoms with E-state index in [2.05, 4.69) is 4.98 Å². The van der Waals surface area contributed by atoms with Crippen LogP contribution in [0.25, 0.3) is 5.69 Å². The fraction of sp³-hybridized carbons (Fsp3) is 0.286. The molecule has 0 unspecified atom stereocenters. The van der Waals surface area contributed by atoms with Gasteiger partial charge >= 0.3 is 5.69 Å². The highest BCUT2D eigenvalue weighted by atomic mass is 35.5. The van der Waals surface area contributed by atoms with Crippen LogP contribution < -0.4 is 16.0 Å². The van der Waals surface area contributed by atoms with Crippen LogP contribution in [0.4, 0.5) is 0 Å². The molecule has 1 aromatic heterocycles. The van der Waals surface area contributed by atoms with E-state index in [9.17, 15) is 9.59 Å². The lowest BCUT2D eigenvalue weighted by Crippen LogP contribution is -2.36. The van der Waals surface area contributed by atoms with Crippen LogP contribution in [-0.4, -0.2) is 16.7 Å². The van der Waals surface area contributed by atoms with Crippen molar-refractivity contribution in [3.8, 4) is 11.4 Å². The molecule has 2 rings (SSSR count). The summed E-state index contributed by atoms with van der Waals surface area (Å²) in [6, 6.07) is 4.74. The number of H-pyrrole nitrogens is 1. The minimum absolute atomic E-state index is 0.0714. The molecule has 0 fully saturated rings. The molecule has 1 aromatic carbocycles. The standard InChI is InChI=1S/C14H14Cl2N2O3/c1-3-4-9-12(16)17-14(20)18(13(9)19)11-7-8(21-2)5-6-10(11)15/h5-7H,3-4H2,1-2H3,(H,17,20). The molecule has 0 radical (unpaired) electrons. The Labute approximate surface area is 131 Å². The van der Waals surface area contributed by atoms with E-state index in [0.29, 0.717) is 17.7 Å². The Kier molecular flexibility index (Phi) is 4.75. The van der Waals surface area contributed by atoms with Gasteiger partial charge in [0, 0.05) is 6.07 Å². The zero-order chi connectivity index (χ0) is 15.6. The molecule has 0 aliphatic carbocycles. The summed E-state index contributed by atoms with van der Waals surface area (Å²) < 4.78 is 6.07. The van der Waals surface area contributed by atoms with Crippen molar-refractivity contribution in [1.82, 2.24) is 9.55 Å². The number of aromatic nitrogens is 2. The molecule has 1 N–H and O–H groups in total. The van der Waals surface area contributed by atoms with Gasteiger partial charge in [-0.05, 0) is 18.6 Å². The first-order valence-electron chi connectivity index (χ1n) is 6.37. The van der Waals surface area contributed by atoms with Gasteiger partial charge in [0.15, 0.2) is 0 Å². The second kappa shape index (κ2) is 6.37. The Morgan fingerprint density at radius 1 is 1.29 bits per heavy atom. The van der Waals surface area contributed by atoms with Crippen LogP contribution in [0.2, 0.25) is 10.2 Å². The molecule has 0 spiro atoms. The van der Waals surface area contributed by atoms with Crippen molar-refractivity contribution in [2.45, 2.75) is 19.8 Å². The maximum atomic E-state index is 12.5. The van der Waals surface area contributed by atoms with Crippen LogP contribution in [0.15, 0.2) is 27.8 Å². The van der Waals surface area contributed by atoms with Crippen LogP contribution in [0, 0.1) is 0 Å². The summed E-state index contributed by atoms with van der Waals surface area (Å²) in [5.41, 5.74) is -0.491. The van der Waals surface area contributed by atoms with E-state index in [-0.39, 0.29) is 15.9 Å². The van der Waals surface area contributed by atoms with E-state index in [1.807, 2.05) is 6.92 Å². The molecule has 0 aliphatic heterocycles. The number of benzene rings is 1. The monoisotopic (exact) mass is 328 g/mol. The predicted molar refractivity (Wildman–Crippen MR) is 83.2 cm³/mol. The van der Waals surface area contributed by atoms with E-state index in [4.69, 9.17) is 27.9 Å². The highest BCUT2D eigenvalue weighted by molar-refractivity contribution is 6.32. The van der Waals surface area contributed by atoms with Crippen LogP contribution in [0.1, 0.15) is 18.9 Å². The second-order valence-corrected chi connectivity index (χ2v) is 5.22. The molecule has 0 saturated carbocycles. The van der Waals surface area contributed by atoms with Crippen LogP contribution in [-0.2, 0) is 6.42 Å². The lowest BCUT2D eigenvalue weighted by Gasteiger charge is -2.11. The van der Waals surface area contributed by atoms with Gasteiger partial charge in [-0.3, -0.25) is 9.78 Å². The summed E-state index contributed by atoms with van der Waals surface area (Å²) >= 11 is 12.0. The molecule has 112 valence electrons. The highest BCUT2D eigenvalue weighted by Crippen LogP contribution is 2.24. The zero-order valence-electron chi connectivity index (χ0n) is 11.6. The molecule has 0 aliphatic rings. The Hall–Kier alpha value is -1.72. The quantitative estimate of drug-likeness (QED) is 0.878. The van der Waals surface area contributed by atoms with E-state index in [1.54, 1.807) is 12.1 Å². The second-order valence-electron chi connectivity index (χ2n) is 4.43. The maximum absolute atomic E-state index is 12.5. The number of aromatic amines is 1. The number of hydrogen-bond acceptors (Lipinski definition) is 3. The van der Waals surface area contributed by atoms with Crippen molar-refractivity contribution in [2.24, 2.45) is 0 Å². The number of nitrogens with one attached hydrogen (secondary N) is 1. The average molecular weight is 329 g/mol. The van der Waals surface area contributed by atoms with Crippen molar-refractivity contribution < 1.29 is 4.74 Å². The van der Waals surface area contributed by atoms with Gasteiger partial charge in [0.1, 0.15) is 10.9 Å². The van der Waals surface area contributed by atoms with E-state index >= 15 is 0 Å². The maximum Gasteiger partial charge on any atom is 0.334 e. The molecule has 0 amide bonds. The van der Waals surface area contributed by atoms with Gasteiger partial charge in [0.05, 0.1) is 23.4 Å². The third kappa shape index (κ3) is 2.99. The Morgan fingerprint density at radius 3 is 2.62 bits per heavy atom. The molecule has 0 saturated heterocycles. The van der Waals surface area contributed by atoms with Crippen molar-refractivity contribution >= 4 is 23.2 Å². The van der Waals surface area contributed by atoms with Gasteiger partial charge in [0.25, 0.3) is 5.56 Å². The first-order chi connectivity index (χ1) is 9.99. The van der Waals surface area contributed by atoms with Gasteiger partial charge < -0.3 is 4.74 Å². The first-order valence-corrected chi connectivity index (χ1v) is 7.12. The number of hydrogen-bond donors (Lipinski definition) is 1. The summed E-state index contributed by atoms with van der Waals surface area (Å²) in [6.07, 6.45) is 1.20. The lowest BCUT2D eigenvalue weighted by atomic mass is 10.2. The molecule has 2 aromatic rings. The predicted octanol–water partition coefficient (Wildman–Crippen LogP) is 2.79. The average Bonchev–Trinajstić information content (AvgIpc) is 2.45. The van der Waals surface area contributed by atoms with Gasteiger partial charge in [-0.1, -0.05) is 36.5 Å². The van der Waals surface area contributed by atoms with Crippen molar-refractivity contribution in [3.05, 3.63) is 54.8 Å². The SMILES string of the molecule is CCCc1c(Cl)[nH]c(=O)n(-c2cc(OC)ccc2Cl)c1=O. The highest BCUT2D eigenvalue weighted by Gasteiger charge is 2.16. The fourth-order valence-corrected chi connectivity index (χ4v) is 2.48. The summed E-state index contributed by atoms with van der Waals surface area (Å²) in [4.78, 5) is 27.1. The van der Waals surface area contributed by atoms with E-state index in [0.717, 1.165) is 11.0 Å². The summed E-state index contributed by atoms with van der Waals surface area (Å²) in [5, 5.41) is 0.343. The van der Waals surface area contributed by atoms with Gasteiger partial charge in [-0.25, -0.2) is 9.36 Å². The molecule has 21 heavy (non-hydrogen) atoms. The van der Waals surface area contributed by atoms with Crippen molar-refractivity contribution in [2.75, 3.05) is 7.11 Å². The number of ether oxygens (including phenoxy) is 1. The van der Waals surface area contributed by atoms with Gasteiger partial charge in [-0.15, -0.1) is 0 Å². The van der Waals surface area contributed by atoms with Crippen molar-refractivity contribution in [1.29, 1.82) is 0 Å². The normalized spacial score (nSPS) is 10.7.